The summed E-state index contributed by atoms with van der Waals surface area (Å²) in [5.41, 5.74) is 11.1. The molecule has 0 saturated carbocycles. The summed E-state index contributed by atoms with van der Waals surface area (Å²) in [4.78, 5) is 81.7. The Kier molecular flexibility index (Phi) is 37.5. The molecule has 61 heavy (non-hydrogen) atoms. The highest BCUT2D eigenvalue weighted by atomic mass is 16.2. The zero-order valence-corrected chi connectivity index (χ0v) is 39.6. The second-order valence-corrected chi connectivity index (χ2v) is 16.7. The van der Waals surface area contributed by atoms with E-state index < -0.39 is 41.8 Å². The van der Waals surface area contributed by atoms with Crippen LogP contribution >= 0.6 is 0 Å². The third-order valence-corrected chi connectivity index (χ3v) is 11.4. The minimum atomic E-state index is -0.934. The average molecular weight is 865 g/mol. The van der Waals surface area contributed by atoms with E-state index in [1.165, 1.54) is 107 Å². The van der Waals surface area contributed by atoms with Gasteiger partial charge in [0.05, 0.1) is 13.1 Å². The largest absolute Gasteiger partial charge is 0.356 e. The number of carbonyl (C=O) groups excluding carboxylic acids is 6. The van der Waals surface area contributed by atoms with E-state index in [2.05, 4.69) is 35.1 Å². The molecule has 1 rings (SSSR count). The van der Waals surface area contributed by atoms with Crippen molar-refractivity contribution in [3.05, 3.63) is 0 Å². The maximum atomic E-state index is 13.8. The second-order valence-electron chi connectivity index (χ2n) is 16.7. The van der Waals surface area contributed by atoms with E-state index in [9.17, 15) is 28.8 Å². The molecule has 0 aromatic carbocycles. The molecule has 0 aliphatic carbocycles. The Morgan fingerprint density at radius 3 is 1.64 bits per heavy atom. The highest BCUT2D eigenvalue weighted by Crippen LogP contribution is 2.19. The molecule has 14 heteroatoms. The number of nitrogens with one attached hydrogen (secondary N) is 4. The van der Waals surface area contributed by atoms with Crippen LogP contribution in [0, 0.1) is 0 Å². The standard InChI is InChI=1S/C45H86N8O6.C2H6/c1-4-6-8-10-12-14-16-18-20-24-32-48-40(54)30-29-37(43(57)49-33-25-21-19-17-15-13-11-9-7-5-2)51-44(58)39-28-26-34-53(39)42(56)36-52(3)45(59)38(27-22-23-31-46)50-41(55)35-47;1-2/h37-39H,4-36,46-47H2,1-3H3,(H,48,54)(H,49,57)(H,50,55)(H,51,58);1-2H3. The van der Waals surface area contributed by atoms with Crippen LogP contribution < -0.4 is 32.7 Å². The summed E-state index contributed by atoms with van der Waals surface area (Å²) in [5, 5.41) is 11.5. The summed E-state index contributed by atoms with van der Waals surface area (Å²) >= 11 is 0. The number of nitrogens with zero attached hydrogens (tertiary/aromatic N) is 2. The molecule has 1 fully saturated rings. The number of hydrogen-bond donors (Lipinski definition) is 6. The van der Waals surface area contributed by atoms with Gasteiger partial charge in [-0.25, -0.2) is 0 Å². The van der Waals surface area contributed by atoms with Crippen LogP contribution in [0.25, 0.3) is 0 Å². The first-order valence-corrected chi connectivity index (χ1v) is 24.7. The zero-order valence-electron chi connectivity index (χ0n) is 39.6. The fourth-order valence-corrected chi connectivity index (χ4v) is 7.67. The zero-order chi connectivity index (χ0) is 45.5. The Bertz CT molecular complexity index is 1170. The van der Waals surface area contributed by atoms with E-state index >= 15 is 0 Å². The first-order valence-electron chi connectivity index (χ1n) is 24.7. The normalized spacial score (nSPS) is 14.3. The monoisotopic (exact) mass is 865 g/mol. The van der Waals surface area contributed by atoms with Gasteiger partial charge in [0.1, 0.15) is 18.1 Å². The van der Waals surface area contributed by atoms with Crippen LogP contribution in [0.4, 0.5) is 0 Å². The van der Waals surface area contributed by atoms with Crippen LogP contribution in [-0.4, -0.2) is 110 Å². The van der Waals surface area contributed by atoms with E-state index in [0.717, 1.165) is 38.5 Å². The number of amides is 6. The van der Waals surface area contributed by atoms with E-state index in [0.29, 0.717) is 58.3 Å². The van der Waals surface area contributed by atoms with Crippen molar-refractivity contribution >= 4 is 35.4 Å². The SMILES string of the molecule is CC.CCCCCCCCCCCCNC(=O)CCC(NC(=O)C1CCCN1C(=O)CN(C)C(=O)C(CCCCN)NC(=O)CN)C(=O)NCCCCCCCCCCCC. The van der Waals surface area contributed by atoms with Crippen molar-refractivity contribution in [2.45, 2.75) is 219 Å². The summed E-state index contributed by atoms with van der Waals surface area (Å²) in [5.74, 6) is -2.25. The molecule has 0 radical (unpaired) electrons. The third-order valence-electron chi connectivity index (χ3n) is 11.4. The lowest BCUT2D eigenvalue weighted by molar-refractivity contribution is -0.144. The highest BCUT2D eigenvalue weighted by Gasteiger charge is 2.37. The molecule has 1 saturated heterocycles. The van der Waals surface area contributed by atoms with Gasteiger partial charge in [0.15, 0.2) is 0 Å². The molecule has 3 atom stereocenters. The van der Waals surface area contributed by atoms with E-state index in [-0.39, 0.29) is 37.7 Å². The van der Waals surface area contributed by atoms with Crippen molar-refractivity contribution in [1.82, 2.24) is 31.1 Å². The molecule has 0 aromatic rings. The predicted molar refractivity (Wildman–Crippen MR) is 248 cm³/mol. The first-order chi connectivity index (χ1) is 29.6. The van der Waals surface area contributed by atoms with E-state index in [1.54, 1.807) is 0 Å². The summed E-state index contributed by atoms with van der Waals surface area (Å²) in [7, 11) is 1.49. The number of carbonyl (C=O) groups is 6. The number of nitrogens with two attached hydrogens (primary N) is 2. The molecule has 0 aromatic heterocycles. The Morgan fingerprint density at radius 1 is 0.623 bits per heavy atom. The van der Waals surface area contributed by atoms with Crippen LogP contribution in [0.1, 0.15) is 201 Å². The van der Waals surface area contributed by atoms with Crippen LogP contribution in [0.5, 0.6) is 0 Å². The topological polar surface area (TPSA) is 209 Å². The van der Waals surface area contributed by atoms with Gasteiger partial charge in [-0.3, -0.25) is 28.8 Å². The predicted octanol–water partition coefficient (Wildman–Crippen LogP) is 6.37. The highest BCUT2D eigenvalue weighted by molar-refractivity contribution is 5.94. The van der Waals surface area contributed by atoms with Crippen molar-refractivity contribution in [2.75, 3.05) is 46.3 Å². The number of likely N-dealkylation sites (N-methyl/N-ethyl adjacent to an activating group) is 1. The van der Waals surface area contributed by atoms with Crippen LogP contribution in [0.2, 0.25) is 0 Å². The summed E-state index contributed by atoms with van der Waals surface area (Å²) in [6.07, 6.45) is 26.8. The van der Waals surface area contributed by atoms with Crippen molar-refractivity contribution in [3.63, 3.8) is 0 Å². The van der Waals surface area contributed by atoms with Gasteiger partial charge in [0.25, 0.3) is 0 Å². The molecule has 8 N–H and O–H groups in total. The lowest BCUT2D eigenvalue weighted by atomic mass is 10.1. The fourth-order valence-electron chi connectivity index (χ4n) is 7.67. The Morgan fingerprint density at radius 2 is 1.13 bits per heavy atom. The van der Waals surface area contributed by atoms with Crippen LogP contribution in [-0.2, 0) is 28.8 Å². The Balaban J connectivity index is 0.0000177. The van der Waals surface area contributed by atoms with Crippen molar-refractivity contribution in [3.8, 4) is 0 Å². The third kappa shape index (κ3) is 28.9. The molecule has 14 nitrogen and oxygen atoms in total. The lowest BCUT2D eigenvalue weighted by Gasteiger charge is -2.29. The first kappa shape index (κ1) is 57.7. The maximum absolute atomic E-state index is 13.8. The molecule has 1 aliphatic heterocycles. The molecular weight excluding hydrogens is 773 g/mol. The minimum Gasteiger partial charge on any atom is -0.356 e. The van der Waals surface area contributed by atoms with Gasteiger partial charge in [0, 0.05) is 33.1 Å². The molecule has 0 bridgehead atoms. The van der Waals surface area contributed by atoms with Gasteiger partial charge in [-0.15, -0.1) is 0 Å². The van der Waals surface area contributed by atoms with Gasteiger partial charge in [0.2, 0.25) is 35.4 Å². The molecule has 6 amide bonds. The molecule has 1 heterocycles. The van der Waals surface area contributed by atoms with Crippen molar-refractivity contribution in [1.29, 1.82) is 0 Å². The van der Waals surface area contributed by atoms with Gasteiger partial charge < -0.3 is 42.5 Å². The summed E-state index contributed by atoms with van der Waals surface area (Å²) < 4.78 is 0. The molecule has 3 unspecified atom stereocenters. The number of rotatable bonds is 37. The van der Waals surface area contributed by atoms with Gasteiger partial charge >= 0.3 is 0 Å². The van der Waals surface area contributed by atoms with Crippen molar-refractivity contribution < 1.29 is 28.8 Å². The maximum Gasteiger partial charge on any atom is 0.245 e. The quantitative estimate of drug-likeness (QED) is 0.0386. The van der Waals surface area contributed by atoms with Crippen molar-refractivity contribution in [2.24, 2.45) is 11.5 Å². The fraction of sp³-hybridized carbons (Fsp3) is 0.872. The minimum absolute atomic E-state index is 0.0851. The van der Waals surface area contributed by atoms with Gasteiger partial charge in [-0.1, -0.05) is 143 Å². The van der Waals surface area contributed by atoms with E-state index in [1.807, 2.05) is 13.8 Å². The molecule has 356 valence electrons. The summed E-state index contributed by atoms with van der Waals surface area (Å²) in [6, 6.07) is -2.60. The van der Waals surface area contributed by atoms with E-state index in [4.69, 9.17) is 11.5 Å². The molecular formula is C47H92N8O6. The summed E-state index contributed by atoms with van der Waals surface area (Å²) in [6.45, 7) is 9.76. The van der Waals surface area contributed by atoms with Crippen LogP contribution in [0.3, 0.4) is 0 Å². The van der Waals surface area contributed by atoms with Gasteiger partial charge in [-0.2, -0.15) is 0 Å². The Hall–Kier alpha value is -3.26. The van der Waals surface area contributed by atoms with Crippen LogP contribution in [0.15, 0.2) is 0 Å². The average Bonchev–Trinajstić information content (AvgIpc) is 3.77. The number of unbranched alkanes of at least 4 members (excludes halogenated alkanes) is 19. The molecule has 1 aliphatic rings. The van der Waals surface area contributed by atoms with Gasteiger partial charge in [-0.05, 0) is 57.9 Å². The Labute approximate surface area is 371 Å². The smallest absolute Gasteiger partial charge is 0.245 e. The number of hydrogen-bond acceptors (Lipinski definition) is 8. The lowest BCUT2D eigenvalue weighted by Crippen LogP contribution is -2.55. The number of likely N-dealkylation sites (tertiary alicyclic amines) is 1. The molecule has 0 spiro atoms. The second kappa shape index (κ2) is 39.6.